The van der Waals surface area contributed by atoms with Gasteiger partial charge >= 0.3 is 0 Å². The average Bonchev–Trinajstić information content (AvgIpc) is 3.20. The second kappa shape index (κ2) is 6.93. The highest BCUT2D eigenvalue weighted by atomic mass is 16.3. The molecule has 7 nitrogen and oxygen atoms in total. The SMILES string of the molecule is CCCc1[nH]ncc1C(=O)N1CC[C@@]2(CCCN(CCO)C2=O)C1. The molecule has 3 heterocycles. The van der Waals surface area contributed by atoms with E-state index >= 15 is 0 Å². The number of β-amino-alcohol motifs (C(OH)–C–C–N with tert-alkyl or cyclic N) is 1. The topological polar surface area (TPSA) is 89.5 Å². The number of carbonyl (C=O) groups excluding carboxylic acids is 2. The summed E-state index contributed by atoms with van der Waals surface area (Å²) in [4.78, 5) is 29.2. The lowest BCUT2D eigenvalue weighted by molar-refractivity contribution is -0.146. The van der Waals surface area contributed by atoms with Crippen molar-refractivity contribution in [3.8, 4) is 0 Å². The molecule has 0 saturated carbocycles. The molecule has 1 atom stereocenters. The molecule has 0 aromatic carbocycles. The molecule has 0 bridgehead atoms. The molecule has 132 valence electrons. The number of aromatic nitrogens is 2. The minimum atomic E-state index is -0.461. The smallest absolute Gasteiger partial charge is 0.257 e. The molecule has 0 unspecified atom stereocenters. The van der Waals surface area contributed by atoms with Gasteiger partial charge in [-0.1, -0.05) is 13.3 Å². The minimum Gasteiger partial charge on any atom is -0.395 e. The fourth-order valence-corrected chi connectivity index (χ4v) is 4.02. The molecule has 7 heteroatoms. The van der Waals surface area contributed by atoms with Gasteiger partial charge in [-0.15, -0.1) is 0 Å². The van der Waals surface area contributed by atoms with Gasteiger partial charge in [-0.05, 0) is 25.7 Å². The first-order valence-electron chi connectivity index (χ1n) is 8.83. The van der Waals surface area contributed by atoms with Gasteiger partial charge in [-0.2, -0.15) is 5.10 Å². The Balaban J connectivity index is 1.73. The van der Waals surface area contributed by atoms with Crippen molar-refractivity contribution in [1.29, 1.82) is 0 Å². The number of amides is 2. The van der Waals surface area contributed by atoms with Gasteiger partial charge in [0.15, 0.2) is 0 Å². The first kappa shape index (κ1) is 17.0. The zero-order valence-electron chi connectivity index (χ0n) is 14.3. The van der Waals surface area contributed by atoms with Gasteiger partial charge in [0.2, 0.25) is 5.91 Å². The van der Waals surface area contributed by atoms with Crippen LogP contribution >= 0.6 is 0 Å². The Labute approximate surface area is 142 Å². The first-order valence-corrected chi connectivity index (χ1v) is 8.83. The number of aromatic amines is 1. The highest BCUT2D eigenvalue weighted by Gasteiger charge is 2.49. The van der Waals surface area contributed by atoms with Crippen molar-refractivity contribution in [2.75, 3.05) is 32.8 Å². The maximum atomic E-state index is 12.8. The van der Waals surface area contributed by atoms with E-state index in [1.54, 1.807) is 16.0 Å². The molecule has 3 rings (SSSR count). The van der Waals surface area contributed by atoms with Gasteiger partial charge in [0.05, 0.1) is 23.8 Å². The fourth-order valence-electron chi connectivity index (χ4n) is 4.02. The molecule has 1 aromatic rings. The van der Waals surface area contributed by atoms with E-state index in [0.29, 0.717) is 38.2 Å². The van der Waals surface area contributed by atoms with Gasteiger partial charge in [0.1, 0.15) is 0 Å². The van der Waals surface area contributed by atoms with Gasteiger partial charge in [-0.3, -0.25) is 14.7 Å². The Morgan fingerprint density at radius 3 is 3.00 bits per heavy atom. The van der Waals surface area contributed by atoms with Crippen LogP contribution in [0.25, 0.3) is 0 Å². The van der Waals surface area contributed by atoms with E-state index in [0.717, 1.165) is 31.4 Å². The quantitative estimate of drug-likeness (QED) is 0.834. The van der Waals surface area contributed by atoms with Gasteiger partial charge in [-0.25, -0.2) is 0 Å². The van der Waals surface area contributed by atoms with Crippen molar-refractivity contribution in [2.24, 2.45) is 5.41 Å². The van der Waals surface area contributed by atoms with E-state index in [-0.39, 0.29) is 18.4 Å². The number of likely N-dealkylation sites (tertiary alicyclic amines) is 2. The number of aryl methyl sites for hydroxylation is 1. The van der Waals surface area contributed by atoms with Gasteiger partial charge in [0, 0.05) is 31.9 Å². The van der Waals surface area contributed by atoms with Crippen LogP contribution in [-0.4, -0.2) is 69.7 Å². The standard InChI is InChI=1S/C17H26N4O3/c1-2-4-14-13(11-18-19-14)15(23)21-8-6-17(12-21)5-3-7-20(9-10-22)16(17)24/h11,22H,2-10,12H2,1H3,(H,18,19)/t17-/m0/s1. The normalized spacial score (nSPS) is 24.2. The molecule has 2 saturated heterocycles. The second-order valence-electron chi connectivity index (χ2n) is 6.89. The number of aliphatic hydroxyl groups is 1. The Hall–Kier alpha value is -1.89. The van der Waals surface area contributed by atoms with E-state index in [1.807, 2.05) is 0 Å². The summed E-state index contributed by atoms with van der Waals surface area (Å²) in [6, 6.07) is 0. The molecule has 2 aliphatic rings. The van der Waals surface area contributed by atoms with Crippen molar-refractivity contribution in [3.63, 3.8) is 0 Å². The summed E-state index contributed by atoms with van der Waals surface area (Å²) in [5.74, 6) is 0.0650. The van der Waals surface area contributed by atoms with Crippen LogP contribution in [0, 0.1) is 5.41 Å². The third-order valence-electron chi connectivity index (χ3n) is 5.28. The van der Waals surface area contributed by atoms with E-state index < -0.39 is 5.41 Å². The van der Waals surface area contributed by atoms with E-state index in [1.165, 1.54) is 0 Å². The molecule has 2 N–H and O–H groups in total. The number of aliphatic hydroxyl groups excluding tert-OH is 1. The van der Waals surface area contributed by atoms with Crippen molar-refractivity contribution in [3.05, 3.63) is 17.5 Å². The second-order valence-corrected chi connectivity index (χ2v) is 6.89. The molecule has 2 amide bonds. The third kappa shape index (κ3) is 2.92. The van der Waals surface area contributed by atoms with Crippen LogP contribution in [0.3, 0.4) is 0 Å². The minimum absolute atomic E-state index is 0.0140. The Morgan fingerprint density at radius 2 is 2.25 bits per heavy atom. The highest BCUT2D eigenvalue weighted by molar-refractivity contribution is 5.96. The lowest BCUT2D eigenvalue weighted by Gasteiger charge is -2.39. The lowest BCUT2D eigenvalue weighted by Crippen LogP contribution is -2.51. The number of rotatable bonds is 5. The molecular weight excluding hydrogens is 308 g/mol. The fraction of sp³-hybridized carbons (Fsp3) is 0.706. The number of H-pyrrole nitrogens is 1. The summed E-state index contributed by atoms with van der Waals surface area (Å²) in [5.41, 5.74) is 1.04. The molecule has 0 aliphatic carbocycles. The molecule has 24 heavy (non-hydrogen) atoms. The maximum Gasteiger partial charge on any atom is 0.257 e. The predicted molar refractivity (Wildman–Crippen MR) is 88.4 cm³/mol. The summed E-state index contributed by atoms with van der Waals surface area (Å²) < 4.78 is 0. The van der Waals surface area contributed by atoms with E-state index in [4.69, 9.17) is 5.11 Å². The van der Waals surface area contributed by atoms with Crippen LogP contribution in [0.15, 0.2) is 6.20 Å². The van der Waals surface area contributed by atoms with E-state index in [2.05, 4.69) is 17.1 Å². The molecule has 0 radical (unpaired) electrons. The van der Waals surface area contributed by atoms with Crippen molar-refractivity contribution in [2.45, 2.75) is 39.0 Å². The van der Waals surface area contributed by atoms with Gasteiger partial charge < -0.3 is 14.9 Å². The number of hydrogen-bond acceptors (Lipinski definition) is 4. The monoisotopic (exact) mass is 334 g/mol. The largest absolute Gasteiger partial charge is 0.395 e. The molecule has 2 fully saturated rings. The van der Waals surface area contributed by atoms with Crippen LogP contribution in [0.5, 0.6) is 0 Å². The van der Waals surface area contributed by atoms with Crippen LogP contribution in [0.1, 0.15) is 48.7 Å². The van der Waals surface area contributed by atoms with Crippen molar-refractivity contribution < 1.29 is 14.7 Å². The number of hydrogen-bond donors (Lipinski definition) is 2. The zero-order chi connectivity index (χ0) is 17.2. The zero-order valence-corrected chi connectivity index (χ0v) is 14.3. The summed E-state index contributed by atoms with van der Waals surface area (Å²) >= 11 is 0. The molecule has 1 spiro atoms. The van der Waals surface area contributed by atoms with Crippen LogP contribution < -0.4 is 0 Å². The van der Waals surface area contributed by atoms with Crippen LogP contribution in [0.4, 0.5) is 0 Å². The number of piperidine rings is 1. The summed E-state index contributed by atoms with van der Waals surface area (Å²) in [7, 11) is 0. The van der Waals surface area contributed by atoms with Crippen LogP contribution in [-0.2, 0) is 11.2 Å². The predicted octanol–water partition coefficient (Wildman–Crippen LogP) is 0.809. The van der Waals surface area contributed by atoms with E-state index in [9.17, 15) is 9.59 Å². The molecular formula is C17H26N4O3. The van der Waals surface area contributed by atoms with Gasteiger partial charge in [0.25, 0.3) is 5.91 Å². The number of carbonyl (C=O) groups is 2. The maximum absolute atomic E-state index is 12.8. The lowest BCUT2D eigenvalue weighted by atomic mass is 9.78. The number of nitrogens with one attached hydrogen (secondary N) is 1. The summed E-state index contributed by atoms with van der Waals surface area (Å²) in [6.45, 7) is 4.22. The van der Waals surface area contributed by atoms with Crippen LogP contribution in [0.2, 0.25) is 0 Å². The molecule has 1 aromatic heterocycles. The summed E-state index contributed by atoms with van der Waals surface area (Å²) in [6.07, 6.45) is 5.80. The Morgan fingerprint density at radius 1 is 1.42 bits per heavy atom. The summed E-state index contributed by atoms with van der Waals surface area (Å²) in [5, 5.41) is 16.1. The third-order valence-corrected chi connectivity index (χ3v) is 5.28. The Kier molecular flexibility index (Phi) is 4.89. The first-order chi connectivity index (χ1) is 11.6. The number of nitrogens with zero attached hydrogens (tertiary/aromatic N) is 3. The molecule has 2 aliphatic heterocycles. The van der Waals surface area contributed by atoms with Crippen molar-refractivity contribution in [1.82, 2.24) is 20.0 Å². The van der Waals surface area contributed by atoms with Crippen molar-refractivity contribution >= 4 is 11.8 Å². The highest BCUT2D eigenvalue weighted by Crippen LogP contribution is 2.40. The average molecular weight is 334 g/mol. The Bertz CT molecular complexity index is 613.